The number of rotatable bonds is 9. The van der Waals surface area contributed by atoms with Crippen molar-refractivity contribution < 1.29 is 27.5 Å². The molecule has 1 fully saturated rings. The Morgan fingerprint density at radius 3 is 2.45 bits per heavy atom. The maximum Gasteiger partial charge on any atom is 0.323 e. The predicted molar refractivity (Wildman–Crippen MR) is 138 cm³/mol. The largest absolute Gasteiger partial charge is 0.480 e. The standard InChI is InChI=1S/C25H27FN6O5S/c1-17-16-31(25-27-10-5-11-28-25)12-13-32(17)22-9-8-18(14-20(22)26)23(33)29-15-21(24(34)35)30-38(36,37)19-6-3-2-4-7-19/h2-11,14,17,21,30H,12-13,15-16H2,1H3,(H,29,33)(H,34,35)/t17?,21-/m0/s1. The van der Waals surface area contributed by atoms with Gasteiger partial charge in [-0.1, -0.05) is 18.2 Å². The molecule has 1 amide bonds. The lowest BCUT2D eigenvalue weighted by Crippen LogP contribution is -2.53. The minimum absolute atomic E-state index is 0.0229. The van der Waals surface area contributed by atoms with Crippen LogP contribution in [0.4, 0.5) is 16.0 Å². The molecule has 2 heterocycles. The Hall–Kier alpha value is -4.10. The second kappa shape index (κ2) is 11.5. The Bertz CT molecular complexity index is 1390. The first-order valence-electron chi connectivity index (χ1n) is 11.8. The zero-order valence-electron chi connectivity index (χ0n) is 20.5. The number of halogens is 1. The molecule has 11 nitrogen and oxygen atoms in total. The van der Waals surface area contributed by atoms with Crippen molar-refractivity contribution in [2.45, 2.75) is 23.9 Å². The number of anilines is 2. The summed E-state index contributed by atoms with van der Waals surface area (Å²) in [6.07, 6.45) is 3.33. The fourth-order valence-corrected chi connectivity index (χ4v) is 5.37. The zero-order chi connectivity index (χ0) is 27.3. The topological polar surface area (TPSA) is 145 Å². The van der Waals surface area contributed by atoms with E-state index in [1.54, 1.807) is 24.5 Å². The molecule has 38 heavy (non-hydrogen) atoms. The highest BCUT2D eigenvalue weighted by molar-refractivity contribution is 7.89. The van der Waals surface area contributed by atoms with Crippen molar-refractivity contribution >= 4 is 33.5 Å². The number of nitrogens with zero attached hydrogens (tertiary/aromatic N) is 4. The second-order valence-electron chi connectivity index (χ2n) is 8.74. The van der Waals surface area contributed by atoms with E-state index in [0.29, 0.717) is 31.3 Å². The van der Waals surface area contributed by atoms with Gasteiger partial charge in [0.25, 0.3) is 5.91 Å². The van der Waals surface area contributed by atoms with E-state index in [0.717, 1.165) is 6.07 Å². The van der Waals surface area contributed by atoms with Crippen LogP contribution in [-0.2, 0) is 14.8 Å². The van der Waals surface area contributed by atoms with Crippen LogP contribution in [0.5, 0.6) is 0 Å². The highest BCUT2D eigenvalue weighted by atomic mass is 32.2. The molecular formula is C25H27FN6O5S. The van der Waals surface area contributed by atoms with Crippen LogP contribution < -0.4 is 19.8 Å². The second-order valence-corrected chi connectivity index (χ2v) is 10.5. The first-order chi connectivity index (χ1) is 18.2. The molecule has 0 radical (unpaired) electrons. The van der Waals surface area contributed by atoms with Crippen molar-refractivity contribution in [1.29, 1.82) is 0 Å². The minimum Gasteiger partial charge on any atom is -0.480 e. The summed E-state index contributed by atoms with van der Waals surface area (Å²) in [5.41, 5.74) is 0.312. The average molecular weight is 543 g/mol. The molecule has 0 aliphatic carbocycles. The molecular weight excluding hydrogens is 515 g/mol. The monoisotopic (exact) mass is 542 g/mol. The number of benzene rings is 2. The number of hydrogen-bond acceptors (Lipinski definition) is 8. The van der Waals surface area contributed by atoms with Gasteiger partial charge in [0.1, 0.15) is 11.9 Å². The Labute approximate surface area is 219 Å². The summed E-state index contributed by atoms with van der Waals surface area (Å²) in [6, 6.07) is 11.3. The maximum atomic E-state index is 15.1. The number of nitrogens with one attached hydrogen (secondary N) is 2. The van der Waals surface area contributed by atoms with Gasteiger partial charge in [-0.05, 0) is 43.3 Å². The van der Waals surface area contributed by atoms with E-state index in [2.05, 4.69) is 20.0 Å². The summed E-state index contributed by atoms with van der Waals surface area (Å²) in [7, 11) is -4.13. The zero-order valence-corrected chi connectivity index (χ0v) is 21.3. The van der Waals surface area contributed by atoms with Gasteiger partial charge in [-0.15, -0.1) is 0 Å². The molecule has 3 aromatic rings. The third-order valence-electron chi connectivity index (χ3n) is 6.10. The van der Waals surface area contributed by atoms with E-state index in [-0.39, 0.29) is 16.5 Å². The summed E-state index contributed by atoms with van der Waals surface area (Å²) >= 11 is 0. The average Bonchev–Trinajstić information content (AvgIpc) is 2.92. The van der Waals surface area contributed by atoms with Crippen molar-refractivity contribution in [2.75, 3.05) is 36.0 Å². The first-order valence-corrected chi connectivity index (χ1v) is 13.3. The highest BCUT2D eigenvalue weighted by Crippen LogP contribution is 2.26. The lowest BCUT2D eigenvalue weighted by Gasteiger charge is -2.41. The molecule has 2 aromatic carbocycles. The number of aliphatic carboxylic acids is 1. The lowest BCUT2D eigenvalue weighted by molar-refractivity contribution is -0.138. The number of amides is 1. The number of carboxylic acids is 1. The van der Waals surface area contributed by atoms with Gasteiger partial charge in [0, 0.05) is 50.2 Å². The van der Waals surface area contributed by atoms with Crippen LogP contribution in [0.25, 0.3) is 0 Å². The molecule has 0 spiro atoms. The van der Waals surface area contributed by atoms with Crippen molar-refractivity contribution in [1.82, 2.24) is 20.0 Å². The Morgan fingerprint density at radius 1 is 1.11 bits per heavy atom. The van der Waals surface area contributed by atoms with Crippen LogP contribution >= 0.6 is 0 Å². The van der Waals surface area contributed by atoms with Crippen LogP contribution in [0, 0.1) is 5.82 Å². The molecule has 2 atom stereocenters. The molecule has 200 valence electrons. The number of carbonyl (C=O) groups is 2. The van der Waals surface area contributed by atoms with Crippen molar-refractivity contribution in [3.05, 3.63) is 78.4 Å². The maximum absolute atomic E-state index is 15.1. The molecule has 0 saturated carbocycles. The molecule has 4 rings (SSSR count). The van der Waals surface area contributed by atoms with Gasteiger partial charge in [-0.3, -0.25) is 9.59 Å². The fraction of sp³-hybridized carbons (Fsp3) is 0.280. The van der Waals surface area contributed by atoms with Gasteiger partial charge >= 0.3 is 5.97 Å². The molecule has 1 unspecified atom stereocenters. The van der Waals surface area contributed by atoms with Crippen molar-refractivity contribution in [2.24, 2.45) is 0 Å². The Kier molecular flexibility index (Phi) is 8.17. The van der Waals surface area contributed by atoms with E-state index < -0.39 is 40.3 Å². The number of aromatic nitrogens is 2. The molecule has 1 aliphatic heterocycles. The third-order valence-corrected chi connectivity index (χ3v) is 7.59. The summed E-state index contributed by atoms with van der Waals surface area (Å²) in [4.78, 5) is 36.6. The first kappa shape index (κ1) is 26.9. The smallest absolute Gasteiger partial charge is 0.323 e. The van der Waals surface area contributed by atoms with Gasteiger partial charge in [-0.2, -0.15) is 4.72 Å². The van der Waals surface area contributed by atoms with Crippen LogP contribution in [0.15, 0.2) is 71.9 Å². The number of sulfonamides is 1. The number of hydrogen-bond donors (Lipinski definition) is 3. The van der Waals surface area contributed by atoms with Crippen molar-refractivity contribution in [3.8, 4) is 0 Å². The van der Waals surface area contributed by atoms with Crippen molar-refractivity contribution in [3.63, 3.8) is 0 Å². The summed E-state index contributed by atoms with van der Waals surface area (Å²) in [6.45, 7) is 3.11. The lowest BCUT2D eigenvalue weighted by atomic mass is 10.1. The van der Waals surface area contributed by atoms with Crippen LogP contribution in [0.2, 0.25) is 0 Å². The van der Waals surface area contributed by atoms with Gasteiger partial charge < -0.3 is 20.2 Å². The molecule has 0 bridgehead atoms. The summed E-state index contributed by atoms with van der Waals surface area (Å²) in [5.74, 6) is -2.20. The van der Waals surface area contributed by atoms with Gasteiger partial charge in [0.15, 0.2) is 0 Å². The van der Waals surface area contributed by atoms with E-state index in [1.165, 1.54) is 36.4 Å². The van der Waals surface area contributed by atoms with Gasteiger partial charge in [0.2, 0.25) is 16.0 Å². The predicted octanol–water partition coefficient (Wildman–Crippen LogP) is 1.49. The van der Waals surface area contributed by atoms with E-state index >= 15 is 4.39 Å². The van der Waals surface area contributed by atoms with E-state index in [4.69, 9.17) is 0 Å². The van der Waals surface area contributed by atoms with E-state index in [9.17, 15) is 23.1 Å². The Balaban J connectivity index is 1.39. The van der Waals surface area contributed by atoms with Crippen LogP contribution in [0.1, 0.15) is 17.3 Å². The van der Waals surface area contributed by atoms with Crippen LogP contribution in [0.3, 0.4) is 0 Å². The number of carboxylic acid groups (broad SMARTS) is 1. The third kappa shape index (κ3) is 6.23. The fourth-order valence-electron chi connectivity index (χ4n) is 4.16. The van der Waals surface area contributed by atoms with Crippen LogP contribution in [-0.4, -0.2) is 73.6 Å². The number of carbonyl (C=O) groups excluding carboxylic acids is 1. The number of piperazine rings is 1. The summed E-state index contributed by atoms with van der Waals surface area (Å²) < 4.78 is 42.1. The van der Waals surface area contributed by atoms with E-state index in [1.807, 2.05) is 16.7 Å². The molecule has 13 heteroatoms. The Morgan fingerprint density at radius 2 is 1.82 bits per heavy atom. The highest BCUT2D eigenvalue weighted by Gasteiger charge is 2.28. The van der Waals surface area contributed by atoms with Gasteiger partial charge in [0.05, 0.1) is 10.6 Å². The molecule has 1 saturated heterocycles. The molecule has 1 aliphatic rings. The molecule has 3 N–H and O–H groups in total. The van der Waals surface area contributed by atoms with Gasteiger partial charge in [-0.25, -0.2) is 22.8 Å². The minimum atomic E-state index is -4.13. The SMILES string of the molecule is CC1CN(c2ncccn2)CCN1c1ccc(C(=O)NC[C@H](NS(=O)(=O)c2ccccc2)C(=O)O)cc1F. The normalized spacial score (nSPS) is 16.6. The summed E-state index contributed by atoms with van der Waals surface area (Å²) in [5, 5.41) is 11.8. The quantitative estimate of drug-likeness (QED) is 0.366. The molecule has 1 aromatic heterocycles.